The summed E-state index contributed by atoms with van der Waals surface area (Å²) < 4.78 is 43.0. The zero-order valence-electron chi connectivity index (χ0n) is 16.2. The maximum Gasteiger partial charge on any atom is 0.411 e. The zero-order valence-corrected chi connectivity index (χ0v) is 16.2. The van der Waals surface area contributed by atoms with Crippen molar-refractivity contribution in [2.24, 2.45) is 5.92 Å². The molecule has 0 aliphatic heterocycles. The normalized spacial score (nSPS) is 14.3. The maximum absolute atomic E-state index is 12.2. The highest BCUT2D eigenvalue weighted by Gasteiger charge is 2.30. The topological polar surface area (TPSA) is 81.9 Å². The van der Waals surface area contributed by atoms with E-state index in [1.807, 2.05) is 6.07 Å². The van der Waals surface area contributed by atoms with Gasteiger partial charge in [-0.3, -0.25) is 14.5 Å². The third-order valence-corrected chi connectivity index (χ3v) is 4.76. The molecule has 10 heteroatoms. The second-order valence-corrected chi connectivity index (χ2v) is 7.40. The van der Waals surface area contributed by atoms with Crippen molar-refractivity contribution in [2.45, 2.75) is 39.1 Å². The van der Waals surface area contributed by atoms with Crippen LogP contribution >= 0.6 is 0 Å². The third-order valence-electron chi connectivity index (χ3n) is 4.76. The smallest absolute Gasteiger partial charge is 0.366 e. The molecule has 1 saturated carbocycles. The summed E-state index contributed by atoms with van der Waals surface area (Å²) in [5, 5.41) is 8.12. The Kier molecular flexibility index (Phi) is 5.42. The van der Waals surface area contributed by atoms with Crippen LogP contribution in [0.1, 0.15) is 29.7 Å². The van der Waals surface area contributed by atoms with Gasteiger partial charge in [0, 0.05) is 24.5 Å². The fraction of sp³-hybridized carbons (Fsp3) is 0.400. The second-order valence-electron chi connectivity index (χ2n) is 7.40. The zero-order chi connectivity index (χ0) is 21.3. The summed E-state index contributed by atoms with van der Waals surface area (Å²) in [6.45, 7) is 0.691. The number of amides is 1. The van der Waals surface area contributed by atoms with E-state index >= 15 is 0 Å². The van der Waals surface area contributed by atoms with Crippen LogP contribution in [0.5, 0.6) is 0 Å². The third kappa shape index (κ3) is 4.93. The van der Waals surface area contributed by atoms with Gasteiger partial charge >= 0.3 is 6.18 Å². The molecule has 1 aliphatic rings. The van der Waals surface area contributed by atoms with Crippen molar-refractivity contribution in [2.75, 3.05) is 11.9 Å². The van der Waals surface area contributed by atoms with Crippen LogP contribution < -0.4 is 5.32 Å². The number of hydrogen-bond acceptors (Lipinski definition) is 5. The Bertz CT molecular complexity index is 1080. The molecule has 30 heavy (non-hydrogen) atoms. The van der Waals surface area contributed by atoms with Gasteiger partial charge in [0.1, 0.15) is 12.4 Å². The SMILES string of the molecule is Cc1cc(Cn2cc3c(NC(=O)C4CC4)nccc3n2)cnc1COCC(F)(F)F. The minimum Gasteiger partial charge on any atom is -0.366 e. The molecule has 0 unspecified atom stereocenters. The number of rotatable bonds is 7. The second kappa shape index (κ2) is 8.02. The molecule has 0 aromatic carbocycles. The number of carbonyl (C=O) groups is 1. The number of halogens is 3. The quantitative estimate of drug-likeness (QED) is 0.633. The monoisotopic (exact) mass is 419 g/mol. The maximum atomic E-state index is 12.2. The Morgan fingerprint density at radius 1 is 1.33 bits per heavy atom. The van der Waals surface area contributed by atoms with Crippen molar-refractivity contribution in [1.29, 1.82) is 0 Å². The summed E-state index contributed by atoms with van der Waals surface area (Å²) in [6, 6.07) is 3.61. The van der Waals surface area contributed by atoms with Crippen LogP contribution in [0.2, 0.25) is 0 Å². The molecule has 0 saturated heterocycles. The molecule has 158 valence electrons. The molecule has 7 nitrogen and oxygen atoms in total. The van der Waals surface area contributed by atoms with Gasteiger partial charge in [-0.2, -0.15) is 18.3 Å². The van der Waals surface area contributed by atoms with Gasteiger partial charge in [-0.15, -0.1) is 0 Å². The van der Waals surface area contributed by atoms with Crippen molar-refractivity contribution in [3.05, 3.63) is 47.5 Å². The fourth-order valence-corrected chi connectivity index (χ4v) is 3.09. The van der Waals surface area contributed by atoms with E-state index in [-0.39, 0.29) is 18.4 Å². The number of pyridine rings is 2. The number of fused-ring (bicyclic) bond motifs is 1. The predicted molar refractivity (Wildman–Crippen MR) is 103 cm³/mol. The van der Waals surface area contributed by atoms with Gasteiger partial charge in [-0.05, 0) is 37.0 Å². The van der Waals surface area contributed by atoms with Gasteiger partial charge in [-0.25, -0.2) is 4.98 Å². The molecule has 1 N–H and O–H groups in total. The van der Waals surface area contributed by atoms with Gasteiger partial charge in [0.05, 0.1) is 29.7 Å². The largest absolute Gasteiger partial charge is 0.411 e. The number of carbonyl (C=O) groups excluding carboxylic acids is 1. The van der Waals surface area contributed by atoms with Crippen LogP contribution in [0.3, 0.4) is 0 Å². The van der Waals surface area contributed by atoms with E-state index in [9.17, 15) is 18.0 Å². The minimum absolute atomic E-state index is 0.0223. The highest BCUT2D eigenvalue weighted by molar-refractivity contribution is 6.00. The number of alkyl halides is 3. The first-order valence-electron chi connectivity index (χ1n) is 9.50. The Balaban J connectivity index is 1.46. The van der Waals surface area contributed by atoms with Crippen molar-refractivity contribution >= 4 is 22.6 Å². The van der Waals surface area contributed by atoms with Gasteiger partial charge in [0.15, 0.2) is 0 Å². The summed E-state index contributed by atoms with van der Waals surface area (Å²) >= 11 is 0. The predicted octanol–water partition coefficient (Wildman–Crippen LogP) is 3.61. The molecule has 1 fully saturated rings. The number of ether oxygens (including phenoxy) is 1. The summed E-state index contributed by atoms with van der Waals surface area (Å²) in [5.74, 6) is 0.540. The molecule has 1 amide bonds. The first kappa shape index (κ1) is 20.3. The number of aryl methyl sites for hydroxylation is 1. The Morgan fingerprint density at radius 3 is 2.83 bits per heavy atom. The van der Waals surface area contributed by atoms with Crippen molar-refractivity contribution < 1.29 is 22.7 Å². The Morgan fingerprint density at radius 2 is 2.13 bits per heavy atom. The molecule has 3 aromatic rings. The van der Waals surface area contributed by atoms with Crippen LogP contribution in [0.25, 0.3) is 10.9 Å². The lowest BCUT2D eigenvalue weighted by Gasteiger charge is -2.10. The lowest BCUT2D eigenvalue weighted by atomic mass is 10.1. The van der Waals surface area contributed by atoms with Crippen LogP contribution in [0, 0.1) is 12.8 Å². The highest BCUT2D eigenvalue weighted by Crippen LogP contribution is 2.31. The number of nitrogens with zero attached hydrogens (tertiary/aromatic N) is 4. The first-order chi connectivity index (χ1) is 14.3. The van der Waals surface area contributed by atoms with E-state index in [2.05, 4.69) is 25.1 Å². The molecule has 0 spiro atoms. The number of anilines is 1. The molecule has 3 heterocycles. The molecule has 3 aromatic heterocycles. The molecule has 1 aliphatic carbocycles. The Labute approximate surface area is 170 Å². The summed E-state index contributed by atoms with van der Waals surface area (Å²) in [4.78, 5) is 20.5. The van der Waals surface area contributed by atoms with Gasteiger partial charge in [-0.1, -0.05) is 6.07 Å². The van der Waals surface area contributed by atoms with Gasteiger partial charge in [0.2, 0.25) is 5.91 Å². The van der Waals surface area contributed by atoms with Crippen LogP contribution in [0.4, 0.5) is 19.0 Å². The van der Waals surface area contributed by atoms with Crippen molar-refractivity contribution in [3.8, 4) is 0 Å². The van der Waals surface area contributed by atoms with Crippen molar-refractivity contribution in [1.82, 2.24) is 19.7 Å². The minimum atomic E-state index is -4.36. The van der Waals surface area contributed by atoms with E-state index < -0.39 is 12.8 Å². The van der Waals surface area contributed by atoms with E-state index in [1.54, 1.807) is 36.3 Å². The van der Waals surface area contributed by atoms with Crippen LogP contribution in [0.15, 0.2) is 30.7 Å². The number of hydrogen-bond donors (Lipinski definition) is 1. The first-order valence-corrected chi connectivity index (χ1v) is 9.50. The van der Waals surface area contributed by atoms with E-state index in [4.69, 9.17) is 0 Å². The Hall–Kier alpha value is -3.01. The standard InChI is InChI=1S/C20H20F3N5O2/c1-12-6-13(7-25-17(12)10-30-11-20(21,22)23)8-28-9-15-16(27-28)4-5-24-18(15)26-19(29)14-2-3-14/h4-7,9,14H,2-3,8,10-11H2,1H3,(H,24,26,29). The molecule has 0 radical (unpaired) electrons. The molecule has 0 atom stereocenters. The van der Waals surface area contributed by atoms with Gasteiger partial charge < -0.3 is 10.1 Å². The molecule has 4 rings (SSSR count). The molecular formula is C20H20F3N5O2. The van der Waals surface area contributed by atoms with E-state index in [0.29, 0.717) is 23.6 Å². The average molecular weight is 419 g/mol. The number of aromatic nitrogens is 4. The number of nitrogens with one attached hydrogen (secondary N) is 1. The average Bonchev–Trinajstić information content (AvgIpc) is 3.43. The van der Waals surface area contributed by atoms with Crippen LogP contribution in [-0.2, 0) is 22.7 Å². The fourth-order valence-electron chi connectivity index (χ4n) is 3.09. The summed E-state index contributed by atoms with van der Waals surface area (Å²) in [6.07, 6.45) is 2.46. The summed E-state index contributed by atoms with van der Waals surface area (Å²) in [7, 11) is 0. The highest BCUT2D eigenvalue weighted by atomic mass is 19.4. The van der Waals surface area contributed by atoms with E-state index in [0.717, 1.165) is 29.4 Å². The lowest BCUT2D eigenvalue weighted by molar-refractivity contribution is -0.176. The van der Waals surface area contributed by atoms with Crippen molar-refractivity contribution in [3.63, 3.8) is 0 Å². The van der Waals surface area contributed by atoms with Gasteiger partial charge in [0.25, 0.3) is 0 Å². The van der Waals surface area contributed by atoms with E-state index in [1.165, 1.54) is 0 Å². The molecular weight excluding hydrogens is 399 g/mol. The molecule has 0 bridgehead atoms. The lowest BCUT2D eigenvalue weighted by Crippen LogP contribution is -2.17. The van der Waals surface area contributed by atoms with Crippen LogP contribution in [-0.4, -0.2) is 38.4 Å². The summed E-state index contributed by atoms with van der Waals surface area (Å²) in [5.41, 5.74) is 2.75.